The van der Waals surface area contributed by atoms with Crippen LogP contribution >= 0.6 is 34.2 Å². The second-order valence-electron chi connectivity index (χ2n) is 3.90. The molecule has 2 nitrogen and oxygen atoms in total. The first-order chi connectivity index (χ1) is 7.58. The lowest BCUT2D eigenvalue weighted by atomic mass is 10.2. The molecule has 16 heavy (non-hydrogen) atoms. The van der Waals surface area contributed by atoms with Crippen LogP contribution in [0.15, 0.2) is 12.1 Å². The first-order valence-electron chi connectivity index (χ1n) is 5.00. The van der Waals surface area contributed by atoms with Crippen molar-refractivity contribution in [3.63, 3.8) is 0 Å². The van der Waals surface area contributed by atoms with Crippen molar-refractivity contribution >= 4 is 40.1 Å². The largest absolute Gasteiger partial charge is 0.352 e. The summed E-state index contributed by atoms with van der Waals surface area (Å²) in [5.74, 6) is -0.0126. The zero-order valence-electron chi connectivity index (χ0n) is 8.40. The van der Waals surface area contributed by atoms with Gasteiger partial charge in [-0.3, -0.25) is 4.79 Å². The Labute approximate surface area is 112 Å². The van der Waals surface area contributed by atoms with E-state index in [0.717, 1.165) is 0 Å². The standard InChI is InChI=1S/C11H10ClFINO/c12-8-4-9(13)10(14)3-7(8)11(16)15-5-6-1-2-6/h3-4,6H,1-2,5H2,(H,15,16). The lowest BCUT2D eigenvalue weighted by Gasteiger charge is -2.07. The van der Waals surface area contributed by atoms with Crippen molar-refractivity contribution in [2.75, 3.05) is 6.54 Å². The Morgan fingerprint density at radius 2 is 2.25 bits per heavy atom. The monoisotopic (exact) mass is 353 g/mol. The topological polar surface area (TPSA) is 29.1 Å². The van der Waals surface area contributed by atoms with E-state index in [-0.39, 0.29) is 10.9 Å². The Morgan fingerprint density at radius 3 is 2.88 bits per heavy atom. The highest BCUT2D eigenvalue weighted by atomic mass is 127. The summed E-state index contributed by atoms with van der Waals surface area (Å²) in [6.45, 7) is 0.684. The number of rotatable bonds is 3. The van der Waals surface area contributed by atoms with E-state index < -0.39 is 5.82 Å². The molecule has 0 saturated heterocycles. The fourth-order valence-electron chi connectivity index (χ4n) is 1.35. The van der Waals surface area contributed by atoms with Crippen LogP contribution in [-0.4, -0.2) is 12.5 Å². The smallest absolute Gasteiger partial charge is 0.252 e. The molecule has 1 aliphatic carbocycles. The van der Waals surface area contributed by atoms with Gasteiger partial charge in [0.25, 0.3) is 5.91 Å². The minimum atomic E-state index is -0.399. The summed E-state index contributed by atoms with van der Waals surface area (Å²) >= 11 is 7.66. The summed E-state index contributed by atoms with van der Waals surface area (Å²) in [5, 5.41) is 2.96. The van der Waals surface area contributed by atoms with E-state index in [1.165, 1.54) is 25.0 Å². The molecule has 0 atom stereocenters. The van der Waals surface area contributed by atoms with Gasteiger partial charge in [-0.15, -0.1) is 0 Å². The van der Waals surface area contributed by atoms with Gasteiger partial charge in [0.2, 0.25) is 0 Å². The van der Waals surface area contributed by atoms with E-state index in [1.807, 2.05) is 22.6 Å². The Morgan fingerprint density at radius 1 is 1.56 bits per heavy atom. The average Bonchev–Trinajstić information content (AvgIpc) is 3.03. The molecular formula is C11H10ClFINO. The number of carbonyl (C=O) groups excluding carboxylic acids is 1. The molecule has 0 heterocycles. The van der Waals surface area contributed by atoms with E-state index in [4.69, 9.17) is 11.6 Å². The third-order valence-corrected chi connectivity index (χ3v) is 3.64. The molecule has 0 aromatic heterocycles. The van der Waals surface area contributed by atoms with Crippen molar-refractivity contribution in [2.24, 2.45) is 5.92 Å². The first-order valence-corrected chi connectivity index (χ1v) is 6.46. The summed E-state index contributed by atoms with van der Waals surface area (Å²) in [4.78, 5) is 11.7. The molecule has 0 spiro atoms. The van der Waals surface area contributed by atoms with Gasteiger partial charge in [-0.05, 0) is 53.5 Å². The average molecular weight is 354 g/mol. The van der Waals surface area contributed by atoms with Gasteiger partial charge < -0.3 is 5.32 Å². The molecule has 1 fully saturated rings. The fourth-order valence-corrected chi connectivity index (χ4v) is 2.05. The predicted octanol–water partition coefficient (Wildman–Crippen LogP) is 3.22. The van der Waals surface area contributed by atoms with Crippen LogP contribution in [0.5, 0.6) is 0 Å². The first kappa shape index (κ1) is 12.1. The molecule has 1 amide bonds. The summed E-state index contributed by atoms with van der Waals surface area (Å²) in [7, 11) is 0. The molecule has 2 rings (SSSR count). The Balaban J connectivity index is 2.11. The van der Waals surface area contributed by atoms with Crippen molar-refractivity contribution in [1.29, 1.82) is 0 Å². The number of halogens is 3. The van der Waals surface area contributed by atoms with Crippen molar-refractivity contribution in [2.45, 2.75) is 12.8 Å². The molecule has 1 aromatic rings. The molecule has 86 valence electrons. The minimum absolute atomic E-state index is 0.159. The highest BCUT2D eigenvalue weighted by Crippen LogP contribution is 2.28. The third kappa shape index (κ3) is 2.85. The molecule has 1 aliphatic rings. The summed E-state index contributed by atoms with van der Waals surface area (Å²) in [6, 6.07) is 2.65. The molecule has 1 aromatic carbocycles. The van der Waals surface area contributed by atoms with E-state index >= 15 is 0 Å². The van der Waals surface area contributed by atoms with E-state index in [1.54, 1.807) is 0 Å². The van der Waals surface area contributed by atoms with Crippen LogP contribution in [0, 0.1) is 15.3 Å². The Kier molecular flexibility index (Phi) is 3.69. The fraction of sp³-hybridized carbons (Fsp3) is 0.364. The molecule has 0 radical (unpaired) electrons. The van der Waals surface area contributed by atoms with Crippen molar-refractivity contribution in [3.8, 4) is 0 Å². The predicted molar refractivity (Wildman–Crippen MR) is 69.2 cm³/mol. The van der Waals surface area contributed by atoms with Crippen molar-refractivity contribution in [3.05, 3.63) is 32.1 Å². The zero-order chi connectivity index (χ0) is 11.7. The van der Waals surface area contributed by atoms with Crippen molar-refractivity contribution in [1.82, 2.24) is 5.32 Å². The van der Waals surface area contributed by atoms with Gasteiger partial charge in [0.15, 0.2) is 0 Å². The van der Waals surface area contributed by atoms with Crippen LogP contribution in [0.25, 0.3) is 0 Å². The molecular weight excluding hydrogens is 343 g/mol. The molecule has 1 saturated carbocycles. The second kappa shape index (κ2) is 4.87. The van der Waals surface area contributed by atoms with E-state index in [9.17, 15) is 9.18 Å². The number of benzene rings is 1. The maximum atomic E-state index is 13.1. The van der Waals surface area contributed by atoms with Gasteiger partial charge in [0.05, 0.1) is 10.6 Å². The number of nitrogens with one attached hydrogen (secondary N) is 1. The maximum absolute atomic E-state index is 13.1. The Bertz CT molecular complexity index is 434. The second-order valence-corrected chi connectivity index (χ2v) is 5.47. The minimum Gasteiger partial charge on any atom is -0.352 e. The number of hydrogen-bond acceptors (Lipinski definition) is 1. The van der Waals surface area contributed by atoms with Crippen LogP contribution < -0.4 is 5.32 Å². The normalized spacial score (nSPS) is 14.9. The van der Waals surface area contributed by atoms with Gasteiger partial charge in [-0.1, -0.05) is 11.6 Å². The van der Waals surface area contributed by atoms with Gasteiger partial charge >= 0.3 is 0 Å². The van der Waals surface area contributed by atoms with Gasteiger partial charge in [0.1, 0.15) is 5.82 Å². The Hall–Kier alpha value is -0.360. The number of amides is 1. The highest BCUT2D eigenvalue weighted by molar-refractivity contribution is 14.1. The van der Waals surface area contributed by atoms with Crippen LogP contribution in [0.2, 0.25) is 5.02 Å². The lowest BCUT2D eigenvalue weighted by molar-refractivity contribution is 0.0952. The van der Waals surface area contributed by atoms with Gasteiger partial charge in [-0.2, -0.15) is 0 Å². The van der Waals surface area contributed by atoms with Crippen LogP contribution in [0.3, 0.4) is 0 Å². The zero-order valence-corrected chi connectivity index (χ0v) is 11.3. The van der Waals surface area contributed by atoms with Gasteiger partial charge in [-0.25, -0.2) is 4.39 Å². The molecule has 5 heteroatoms. The SMILES string of the molecule is O=C(NCC1CC1)c1cc(I)c(F)cc1Cl. The molecule has 1 N–H and O–H groups in total. The highest BCUT2D eigenvalue weighted by Gasteiger charge is 2.22. The summed E-state index contributed by atoms with van der Waals surface area (Å²) in [5.41, 5.74) is 0.341. The lowest BCUT2D eigenvalue weighted by Crippen LogP contribution is -2.26. The van der Waals surface area contributed by atoms with Crippen LogP contribution in [0.4, 0.5) is 4.39 Å². The van der Waals surface area contributed by atoms with Gasteiger partial charge in [0, 0.05) is 10.1 Å². The molecule has 0 unspecified atom stereocenters. The number of carbonyl (C=O) groups is 1. The summed E-state index contributed by atoms with van der Waals surface area (Å²) in [6.07, 6.45) is 2.35. The van der Waals surface area contributed by atoms with Crippen LogP contribution in [0.1, 0.15) is 23.2 Å². The van der Waals surface area contributed by atoms with E-state index in [0.29, 0.717) is 21.6 Å². The molecule has 0 aliphatic heterocycles. The maximum Gasteiger partial charge on any atom is 0.252 e. The summed E-state index contributed by atoms with van der Waals surface area (Å²) < 4.78 is 13.5. The van der Waals surface area contributed by atoms with Crippen LogP contribution in [-0.2, 0) is 0 Å². The number of hydrogen-bond donors (Lipinski definition) is 1. The van der Waals surface area contributed by atoms with E-state index in [2.05, 4.69) is 5.32 Å². The third-order valence-electron chi connectivity index (χ3n) is 2.50. The van der Waals surface area contributed by atoms with Crippen molar-refractivity contribution < 1.29 is 9.18 Å². The quantitative estimate of drug-likeness (QED) is 0.656. The molecule has 0 bridgehead atoms.